The Balaban J connectivity index is 2.20. The highest BCUT2D eigenvalue weighted by Gasteiger charge is 2.35. The molecule has 1 aliphatic heterocycles. The van der Waals surface area contributed by atoms with Gasteiger partial charge in [0.1, 0.15) is 0 Å². The van der Waals surface area contributed by atoms with Crippen LogP contribution >= 0.6 is 27.5 Å². The fraction of sp³-hybridized carbons (Fsp3) is 0.429. The van der Waals surface area contributed by atoms with Crippen LogP contribution in [0.4, 0.5) is 0 Å². The first-order valence-corrected chi connectivity index (χ1v) is 7.37. The molecule has 0 spiro atoms. The molecule has 3 nitrogen and oxygen atoms in total. The number of likely N-dealkylation sites (tertiary alicyclic amines) is 1. The smallest absolute Gasteiger partial charge is 0.260 e. The Kier molecular flexibility index (Phi) is 4.31. The van der Waals surface area contributed by atoms with Gasteiger partial charge in [-0.15, -0.1) is 0 Å². The molecule has 0 N–H and O–H groups in total. The third-order valence-electron chi connectivity index (χ3n) is 3.51. The van der Waals surface area contributed by atoms with Crippen LogP contribution in [-0.4, -0.2) is 23.3 Å². The predicted octanol–water partition coefficient (Wildman–Crippen LogP) is 3.75. The molecule has 0 aliphatic carbocycles. The first kappa shape index (κ1) is 14.5. The SMILES string of the molecule is CC(C)C1CC(=O)N(C(=O)c2ccc(Cl)c(Br)c2)C1. The molecule has 0 radical (unpaired) electrons. The molecule has 1 aliphatic rings. The largest absolute Gasteiger partial charge is 0.278 e. The number of amides is 2. The number of rotatable bonds is 2. The molecule has 1 aromatic carbocycles. The Morgan fingerprint density at radius 3 is 2.68 bits per heavy atom. The van der Waals surface area contributed by atoms with Crippen molar-refractivity contribution in [2.45, 2.75) is 20.3 Å². The van der Waals surface area contributed by atoms with Gasteiger partial charge in [-0.25, -0.2) is 0 Å². The number of benzene rings is 1. The van der Waals surface area contributed by atoms with E-state index in [0.29, 0.717) is 33.9 Å². The van der Waals surface area contributed by atoms with E-state index < -0.39 is 0 Å². The van der Waals surface area contributed by atoms with Crippen LogP contribution in [0.3, 0.4) is 0 Å². The Hall–Kier alpha value is -0.870. The van der Waals surface area contributed by atoms with Gasteiger partial charge >= 0.3 is 0 Å². The quantitative estimate of drug-likeness (QED) is 0.766. The zero-order valence-electron chi connectivity index (χ0n) is 10.8. The van der Waals surface area contributed by atoms with Gasteiger partial charge in [0.25, 0.3) is 5.91 Å². The van der Waals surface area contributed by atoms with E-state index >= 15 is 0 Å². The van der Waals surface area contributed by atoms with Crippen LogP contribution < -0.4 is 0 Å². The van der Waals surface area contributed by atoms with Crippen molar-refractivity contribution < 1.29 is 9.59 Å². The van der Waals surface area contributed by atoms with Crippen molar-refractivity contribution in [2.75, 3.05) is 6.54 Å². The zero-order valence-corrected chi connectivity index (χ0v) is 13.2. The molecule has 1 heterocycles. The predicted molar refractivity (Wildman–Crippen MR) is 78.1 cm³/mol. The molecule has 1 atom stereocenters. The number of nitrogens with zero attached hydrogens (tertiary/aromatic N) is 1. The van der Waals surface area contributed by atoms with Gasteiger partial charge in [0.15, 0.2) is 0 Å². The monoisotopic (exact) mass is 343 g/mol. The molecule has 0 bridgehead atoms. The Morgan fingerprint density at radius 1 is 1.47 bits per heavy atom. The molecule has 5 heteroatoms. The molecule has 19 heavy (non-hydrogen) atoms. The summed E-state index contributed by atoms with van der Waals surface area (Å²) in [5.74, 6) is 0.325. The molecule has 1 unspecified atom stereocenters. The van der Waals surface area contributed by atoms with Gasteiger partial charge in [0.2, 0.25) is 5.91 Å². The number of hydrogen-bond acceptors (Lipinski definition) is 2. The lowest BCUT2D eigenvalue weighted by molar-refractivity contribution is -0.125. The van der Waals surface area contributed by atoms with Crippen LogP contribution in [0.25, 0.3) is 0 Å². The number of hydrogen-bond donors (Lipinski definition) is 0. The van der Waals surface area contributed by atoms with E-state index in [4.69, 9.17) is 11.6 Å². The van der Waals surface area contributed by atoms with E-state index in [9.17, 15) is 9.59 Å². The molecule has 0 aromatic heterocycles. The molecule has 2 rings (SSSR count). The first-order valence-electron chi connectivity index (χ1n) is 6.20. The summed E-state index contributed by atoms with van der Waals surface area (Å²) in [4.78, 5) is 25.6. The summed E-state index contributed by atoms with van der Waals surface area (Å²) in [6, 6.07) is 4.95. The van der Waals surface area contributed by atoms with Crippen LogP contribution in [0.5, 0.6) is 0 Å². The van der Waals surface area contributed by atoms with Gasteiger partial charge in [0.05, 0.1) is 5.02 Å². The minimum atomic E-state index is -0.245. The van der Waals surface area contributed by atoms with Gasteiger partial charge in [0, 0.05) is 23.0 Å². The average molecular weight is 345 g/mol. The average Bonchev–Trinajstić information content (AvgIpc) is 2.74. The maximum absolute atomic E-state index is 12.3. The molecular formula is C14H15BrClNO2. The van der Waals surface area contributed by atoms with Gasteiger partial charge in [-0.1, -0.05) is 25.4 Å². The van der Waals surface area contributed by atoms with E-state index in [1.807, 2.05) is 0 Å². The lowest BCUT2D eigenvalue weighted by atomic mass is 9.95. The second-order valence-electron chi connectivity index (χ2n) is 5.15. The van der Waals surface area contributed by atoms with E-state index in [1.54, 1.807) is 18.2 Å². The van der Waals surface area contributed by atoms with Crippen molar-refractivity contribution in [3.63, 3.8) is 0 Å². The van der Waals surface area contributed by atoms with Crippen molar-refractivity contribution in [1.29, 1.82) is 0 Å². The minimum absolute atomic E-state index is 0.0882. The topological polar surface area (TPSA) is 37.4 Å². The van der Waals surface area contributed by atoms with Crippen molar-refractivity contribution in [3.8, 4) is 0 Å². The summed E-state index contributed by atoms with van der Waals surface area (Å²) in [7, 11) is 0. The second-order valence-corrected chi connectivity index (χ2v) is 6.41. The molecule has 0 saturated carbocycles. The molecule has 102 valence electrons. The van der Waals surface area contributed by atoms with Crippen molar-refractivity contribution >= 4 is 39.3 Å². The van der Waals surface area contributed by atoms with Crippen LogP contribution in [0.2, 0.25) is 5.02 Å². The minimum Gasteiger partial charge on any atom is -0.278 e. The third kappa shape index (κ3) is 3.00. The van der Waals surface area contributed by atoms with E-state index in [0.717, 1.165) is 0 Å². The first-order chi connectivity index (χ1) is 8.90. The Labute approximate surface area is 126 Å². The molecule has 1 saturated heterocycles. The molecular weight excluding hydrogens is 330 g/mol. The lowest BCUT2D eigenvalue weighted by Gasteiger charge is -2.16. The summed E-state index contributed by atoms with van der Waals surface area (Å²) in [5, 5.41) is 0.546. The van der Waals surface area contributed by atoms with Crippen molar-refractivity contribution in [1.82, 2.24) is 4.90 Å². The number of carbonyl (C=O) groups excluding carboxylic acids is 2. The van der Waals surface area contributed by atoms with Crippen LogP contribution in [-0.2, 0) is 4.79 Å². The van der Waals surface area contributed by atoms with E-state index in [2.05, 4.69) is 29.8 Å². The second kappa shape index (κ2) is 5.63. The zero-order chi connectivity index (χ0) is 14.2. The molecule has 2 amide bonds. The Morgan fingerprint density at radius 2 is 2.16 bits per heavy atom. The van der Waals surface area contributed by atoms with Gasteiger partial charge in [-0.2, -0.15) is 0 Å². The summed E-state index contributed by atoms with van der Waals surface area (Å²) in [6.07, 6.45) is 0.457. The highest BCUT2D eigenvalue weighted by Crippen LogP contribution is 2.28. The van der Waals surface area contributed by atoms with Crippen LogP contribution in [0.1, 0.15) is 30.6 Å². The van der Waals surface area contributed by atoms with Gasteiger partial charge < -0.3 is 0 Å². The standard InChI is InChI=1S/C14H15BrClNO2/c1-8(2)10-6-13(18)17(7-10)14(19)9-3-4-12(16)11(15)5-9/h3-5,8,10H,6-7H2,1-2H3. The highest BCUT2D eigenvalue weighted by molar-refractivity contribution is 9.10. The lowest BCUT2D eigenvalue weighted by Crippen LogP contribution is -2.32. The normalized spacial score (nSPS) is 19.3. The van der Waals surface area contributed by atoms with Crippen LogP contribution in [0, 0.1) is 11.8 Å². The number of imide groups is 1. The molecule has 1 aromatic rings. The maximum atomic E-state index is 12.3. The summed E-state index contributed by atoms with van der Waals surface area (Å²) >= 11 is 9.19. The molecule has 1 fully saturated rings. The fourth-order valence-corrected chi connectivity index (χ4v) is 2.66. The summed E-state index contributed by atoms with van der Waals surface area (Å²) in [5.41, 5.74) is 0.481. The van der Waals surface area contributed by atoms with Crippen molar-refractivity contribution in [2.24, 2.45) is 11.8 Å². The third-order valence-corrected chi connectivity index (χ3v) is 4.72. The van der Waals surface area contributed by atoms with Gasteiger partial charge in [-0.3, -0.25) is 14.5 Å². The number of halogens is 2. The van der Waals surface area contributed by atoms with Gasteiger partial charge in [-0.05, 0) is 46.0 Å². The van der Waals surface area contributed by atoms with Crippen molar-refractivity contribution in [3.05, 3.63) is 33.3 Å². The fourth-order valence-electron chi connectivity index (χ4n) is 2.16. The summed E-state index contributed by atoms with van der Waals surface area (Å²) in [6.45, 7) is 4.66. The maximum Gasteiger partial charge on any atom is 0.260 e. The van der Waals surface area contributed by atoms with E-state index in [1.165, 1.54) is 4.90 Å². The summed E-state index contributed by atoms with van der Waals surface area (Å²) < 4.78 is 0.659. The van der Waals surface area contributed by atoms with E-state index in [-0.39, 0.29) is 17.7 Å². The van der Waals surface area contributed by atoms with Crippen LogP contribution in [0.15, 0.2) is 22.7 Å². The Bertz CT molecular complexity index is 530. The number of carbonyl (C=O) groups is 2. The highest BCUT2D eigenvalue weighted by atomic mass is 79.9.